The van der Waals surface area contributed by atoms with E-state index in [0.717, 1.165) is 55.4 Å². The third-order valence-electron chi connectivity index (χ3n) is 5.76. The molecule has 1 aliphatic heterocycles. The summed E-state index contributed by atoms with van der Waals surface area (Å²) in [5.74, 6) is 0.267. The monoisotopic (exact) mass is 439 g/mol. The first-order valence-electron chi connectivity index (χ1n) is 10.6. The zero-order valence-corrected chi connectivity index (χ0v) is 18.0. The van der Waals surface area contributed by atoms with E-state index in [2.05, 4.69) is 15.2 Å². The summed E-state index contributed by atoms with van der Waals surface area (Å²) in [4.78, 5) is 30.2. The highest BCUT2D eigenvalue weighted by Crippen LogP contribution is 2.23. The molecular weight excluding hydrogens is 414 g/mol. The number of aromatic nitrogens is 1. The standard InChI is InChI=1S/C24H26ClN3O3/c25-20-7-5-18(6-8-20)23(29)19-10-14-28(15-11-19)13-2-16-31-24(30)27-21-4-1-3-17-9-12-26-22(17)21/h1,3-9,12,19,26H,2,10-11,13-16H2,(H,27,30). The minimum absolute atomic E-state index is 0.0650. The van der Waals surface area contributed by atoms with E-state index in [4.69, 9.17) is 16.3 Å². The number of halogens is 1. The Morgan fingerprint density at radius 3 is 2.65 bits per heavy atom. The van der Waals surface area contributed by atoms with Gasteiger partial charge in [-0.05, 0) is 68.8 Å². The fraction of sp³-hybridized carbons (Fsp3) is 0.333. The quantitative estimate of drug-likeness (QED) is 0.384. The number of anilines is 1. The van der Waals surface area contributed by atoms with Crippen LogP contribution in [-0.4, -0.2) is 48.0 Å². The van der Waals surface area contributed by atoms with Gasteiger partial charge in [-0.1, -0.05) is 23.7 Å². The normalized spacial score (nSPS) is 15.1. The zero-order chi connectivity index (χ0) is 21.6. The maximum atomic E-state index is 12.6. The smallest absolute Gasteiger partial charge is 0.411 e. The number of carbonyl (C=O) groups is 2. The molecule has 0 radical (unpaired) electrons. The number of likely N-dealkylation sites (tertiary alicyclic amines) is 1. The number of benzene rings is 2. The highest BCUT2D eigenvalue weighted by Gasteiger charge is 2.25. The Balaban J connectivity index is 1.15. The zero-order valence-electron chi connectivity index (χ0n) is 17.3. The number of nitrogens with one attached hydrogen (secondary N) is 2. The number of rotatable bonds is 7. The molecular formula is C24H26ClN3O3. The lowest BCUT2D eigenvalue weighted by atomic mass is 9.89. The van der Waals surface area contributed by atoms with Crippen LogP contribution in [0.5, 0.6) is 0 Å². The van der Waals surface area contributed by atoms with E-state index in [-0.39, 0.29) is 11.7 Å². The molecule has 6 nitrogen and oxygen atoms in total. The molecule has 2 aromatic carbocycles. The molecule has 1 fully saturated rings. The van der Waals surface area contributed by atoms with Crippen LogP contribution in [0.4, 0.5) is 10.5 Å². The van der Waals surface area contributed by atoms with Crippen molar-refractivity contribution in [2.24, 2.45) is 5.92 Å². The summed E-state index contributed by atoms with van der Waals surface area (Å²) in [5, 5.41) is 4.47. The van der Waals surface area contributed by atoms with Gasteiger partial charge in [0.25, 0.3) is 0 Å². The number of H-pyrrole nitrogens is 1. The van der Waals surface area contributed by atoms with E-state index >= 15 is 0 Å². The van der Waals surface area contributed by atoms with Crippen molar-refractivity contribution >= 4 is 40.1 Å². The van der Waals surface area contributed by atoms with Crippen LogP contribution in [0.1, 0.15) is 29.6 Å². The Hall–Kier alpha value is -2.83. The topological polar surface area (TPSA) is 74.4 Å². The van der Waals surface area contributed by atoms with Gasteiger partial charge in [0.05, 0.1) is 17.8 Å². The molecule has 0 bridgehead atoms. The van der Waals surface area contributed by atoms with Crippen molar-refractivity contribution in [1.29, 1.82) is 0 Å². The van der Waals surface area contributed by atoms with Gasteiger partial charge in [-0.15, -0.1) is 0 Å². The van der Waals surface area contributed by atoms with Gasteiger partial charge in [0.1, 0.15) is 0 Å². The molecule has 1 saturated heterocycles. The molecule has 31 heavy (non-hydrogen) atoms. The van der Waals surface area contributed by atoms with Gasteiger partial charge in [-0.25, -0.2) is 4.79 Å². The van der Waals surface area contributed by atoms with E-state index in [0.29, 0.717) is 17.3 Å². The van der Waals surface area contributed by atoms with Crippen molar-refractivity contribution in [3.05, 3.63) is 65.3 Å². The molecule has 4 rings (SSSR count). The number of hydrogen-bond donors (Lipinski definition) is 2. The van der Waals surface area contributed by atoms with E-state index < -0.39 is 6.09 Å². The van der Waals surface area contributed by atoms with Crippen LogP contribution in [0.2, 0.25) is 5.02 Å². The predicted octanol–water partition coefficient (Wildman–Crippen LogP) is 5.35. The van der Waals surface area contributed by atoms with E-state index in [1.807, 2.05) is 30.5 Å². The molecule has 2 N–H and O–H groups in total. The van der Waals surface area contributed by atoms with Crippen LogP contribution >= 0.6 is 11.6 Å². The summed E-state index contributed by atoms with van der Waals surface area (Å²) in [6.07, 6.45) is 3.85. The number of piperidine rings is 1. The van der Waals surface area contributed by atoms with Gasteiger partial charge in [-0.3, -0.25) is 10.1 Å². The van der Waals surface area contributed by atoms with Crippen molar-refractivity contribution in [3.8, 4) is 0 Å². The van der Waals surface area contributed by atoms with Crippen molar-refractivity contribution in [1.82, 2.24) is 9.88 Å². The summed E-state index contributed by atoms with van der Waals surface area (Å²) in [6, 6.07) is 14.8. The second-order valence-electron chi connectivity index (χ2n) is 7.85. The third kappa shape index (κ3) is 5.46. The molecule has 1 amide bonds. The van der Waals surface area contributed by atoms with Crippen molar-refractivity contribution in [2.75, 3.05) is 31.6 Å². The average Bonchev–Trinajstić information content (AvgIpc) is 3.27. The van der Waals surface area contributed by atoms with Crippen molar-refractivity contribution in [3.63, 3.8) is 0 Å². The SMILES string of the molecule is O=C(Nc1cccc2cc[nH]c12)OCCCN1CCC(C(=O)c2ccc(Cl)cc2)CC1. The molecule has 1 aliphatic rings. The van der Waals surface area contributed by atoms with Crippen LogP contribution in [-0.2, 0) is 4.74 Å². The van der Waals surface area contributed by atoms with E-state index in [1.165, 1.54) is 0 Å². The van der Waals surface area contributed by atoms with Crippen LogP contribution in [0.15, 0.2) is 54.7 Å². The largest absolute Gasteiger partial charge is 0.449 e. The molecule has 2 heterocycles. The lowest BCUT2D eigenvalue weighted by molar-refractivity contribution is 0.0830. The number of ketones is 1. The maximum Gasteiger partial charge on any atom is 0.411 e. The Morgan fingerprint density at radius 2 is 1.87 bits per heavy atom. The molecule has 0 spiro atoms. The number of nitrogens with zero attached hydrogens (tertiary/aromatic N) is 1. The predicted molar refractivity (Wildman–Crippen MR) is 123 cm³/mol. The first-order chi connectivity index (χ1) is 15.1. The lowest BCUT2D eigenvalue weighted by Crippen LogP contribution is -2.37. The van der Waals surface area contributed by atoms with Crippen molar-refractivity contribution < 1.29 is 14.3 Å². The van der Waals surface area contributed by atoms with Gasteiger partial charge >= 0.3 is 6.09 Å². The Labute approximate surface area is 186 Å². The average molecular weight is 440 g/mol. The molecule has 0 unspecified atom stereocenters. The molecule has 3 aromatic rings. The Bertz CT molecular complexity index is 1040. The number of hydrogen-bond acceptors (Lipinski definition) is 4. The first-order valence-corrected chi connectivity index (χ1v) is 11.0. The number of Topliss-reactive ketones (excluding diaryl/α,β-unsaturated/α-hetero) is 1. The van der Waals surface area contributed by atoms with Crippen LogP contribution in [0, 0.1) is 5.92 Å². The van der Waals surface area contributed by atoms with Gasteiger partial charge < -0.3 is 14.6 Å². The molecule has 7 heteroatoms. The van der Waals surface area contributed by atoms with E-state index in [9.17, 15) is 9.59 Å². The van der Waals surface area contributed by atoms with Gasteiger partial charge in [0.15, 0.2) is 5.78 Å². The number of fused-ring (bicyclic) bond motifs is 1. The fourth-order valence-electron chi connectivity index (χ4n) is 4.06. The van der Waals surface area contributed by atoms with Gasteiger partial charge in [0, 0.05) is 34.6 Å². The molecule has 162 valence electrons. The van der Waals surface area contributed by atoms with Crippen LogP contribution in [0.25, 0.3) is 10.9 Å². The second kappa shape index (κ2) is 9.98. The summed E-state index contributed by atoms with van der Waals surface area (Å²) >= 11 is 5.91. The summed E-state index contributed by atoms with van der Waals surface area (Å²) in [6.45, 7) is 2.97. The highest BCUT2D eigenvalue weighted by atomic mass is 35.5. The van der Waals surface area contributed by atoms with E-state index in [1.54, 1.807) is 24.3 Å². The minimum atomic E-state index is -0.450. The minimum Gasteiger partial charge on any atom is -0.449 e. The van der Waals surface area contributed by atoms with Crippen LogP contribution < -0.4 is 5.32 Å². The number of aromatic amines is 1. The van der Waals surface area contributed by atoms with Crippen LogP contribution in [0.3, 0.4) is 0 Å². The van der Waals surface area contributed by atoms with Crippen molar-refractivity contribution in [2.45, 2.75) is 19.3 Å². The Kier molecular flexibility index (Phi) is 6.89. The summed E-state index contributed by atoms with van der Waals surface area (Å²) in [5.41, 5.74) is 2.33. The lowest BCUT2D eigenvalue weighted by Gasteiger charge is -2.31. The van der Waals surface area contributed by atoms with Gasteiger partial charge in [0.2, 0.25) is 0 Å². The summed E-state index contributed by atoms with van der Waals surface area (Å²) in [7, 11) is 0. The Morgan fingerprint density at radius 1 is 1.10 bits per heavy atom. The number of amides is 1. The number of carbonyl (C=O) groups excluding carboxylic acids is 2. The molecule has 0 atom stereocenters. The molecule has 1 aromatic heterocycles. The highest BCUT2D eigenvalue weighted by molar-refractivity contribution is 6.30. The fourth-order valence-corrected chi connectivity index (χ4v) is 4.18. The summed E-state index contributed by atoms with van der Waals surface area (Å²) < 4.78 is 5.33. The molecule has 0 aliphatic carbocycles. The number of ether oxygens (including phenoxy) is 1. The van der Waals surface area contributed by atoms with Gasteiger partial charge in [-0.2, -0.15) is 0 Å². The first kappa shape index (κ1) is 21.4. The number of para-hydroxylation sites is 1. The third-order valence-corrected chi connectivity index (χ3v) is 6.01. The second-order valence-corrected chi connectivity index (χ2v) is 8.29. The maximum absolute atomic E-state index is 12.6. The molecule has 0 saturated carbocycles.